The number of halogens is 3. The van der Waals surface area contributed by atoms with Gasteiger partial charge in [-0.3, -0.25) is 9.59 Å². The number of nitrogens with one attached hydrogen (secondary N) is 1. The molecule has 1 aromatic rings. The van der Waals surface area contributed by atoms with Crippen molar-refractivity contribution in [3.63, 3.8) is 0 Å². The molecule has 22 heavy (non-hydrogen) atoms. The minimum absolute atomic E-state index is 0.407. The number of benzene rings is 1. The van der Waals surface area contributed by atoms with Crippen molar-refractivity contribution in [2.45, 2.75) is 0 Å². The van der Waals surface area contributed by atoms with E-state index in [0.29, 0.717) is 5.56 Å². The number of hydrogen-bond acceptors (Lipinski definition) is 6. The summed E-state index contributed by atoms with van der Waals surface area (Å²) in [4.78, 5) is 23.4. The van der Waals surface area contributed by atoms with E-state index in [-0.39, 0.29) is 0 Å². The average Bonchev–Trinajstić information content (AvgIpc) is 2.38. The molecule has 1 amide bonds. The van der Waals surface area contributed by atoms with Gasteiger partial charge in [0.05, 0.1) is 21.4 Å². The smallest absolute Gasteiger partial charge is 0.325 e. The Hall–Kier alpha value is 0.260. The van der Waals surface area contributed by atoms with E-state index in [1.54, 1.807) is 6.07 Å². The first-order valence-electron chi connectivity index (χ1n) is 5.62. The molecular weight excluding hydrogens is 655 g/mol. The zero-order valence-corrected chi connectivity index (χ0v) is 18.1. The lowest BCUT2D eigenvalue weighted by Gasteiger charge is -2.10. The van der Waals surface area contributed by atoms with Crippen molar-refractivity contribution < 1.29 is 27.3 Å². The molecule has 0 fully saturated rings. The van der Waals surface area contributed by atoms with Crippen LogP contribution in [0.3, 0.4) is 0 Å². The van der Waals surface area contributed by atoms with Crippen molar-refractivity contribution in [2.24, 2.45) is 0 Å². The standard InChI is InChI=1S/C11H10I3NO6S/c12-6-3-7(10(14)8(13)4-6)11(17)15-5-9(16)21-1-2-22(18,19)20/h3-4H,1-2,5H2,(H,15,17)(H,18,19,20)/p-1. The molecule has 1 rings (SSSR count). The van der Waals surface area contributed by atoms with Gasteiger partial charge in [0, 0.05) is 10.7 Å². The van der Waals surface area contributed by atoms with E-state index in [4.69, 9.17) is 0 Å². The minimum Gasteiger partial charge on any atom is -0.748 e. The van der Waals surface area contributed by atoms with Crippen LogP contribution in [0.15, 0.2) is 12.1 Å². The molecule has 0 atom stereocenters. The minimum atomic E-state index is -4.43. The summed E-state index contributed by atoms with van der Waals surface area (Å²) in [6, 6.07) is 3.60. The van der Waals surface area contributed by atoms with Crippen LogP contribution in [0, 0.1) is 10.7 Å². The largest absolute Gasteiger partial charge is 0.748 e. The fourth-order valence-corrected chi connectivity index (χ4v) is 3.97. The SMILES string of the molecule is O=C(CNC(=O)c1cc(I)cc(I)c1I)OCCS(=O)(=O)[O-]. The van der Waals surface area contributed by atoms with Crippen molar-refractivity contribution >= 4 is 89.8 Å². The third kappa shape index (κ3) is 7.22. The topological polar surface area (TPSA) is 113 Å². The number of hydrogen-bond donors (Lipinski definition) is 1. The van der Waals surface area contributed by atoms with Crippen LogP contribution in [0.5, 0.6) is 0 Å². The monoisotopic (exact) mass is 664 g/mol. The third-order valence-corrected chi connectivity index (χ3v) is 6.56. The van der Waals surface area contributed by atoms with Crippen LogP contribution in [0.2, 0.25) is 0 Å². The molecule has 0 aliphatic heterocycles. The predicted octanol–water partition coefficient (Wildman–Crippen LogP) is 1.32. The molecule has 0 saturated carbocycles. The van der Waals surface area contributed by atoms with Crippen molar-refractivity contribution in [3.05, 3.63) is 28.4 Å². The first-order valence-corrected chi connectivity index (χ1v) is 10.4. The Kier molecular flexibility index (Phi) is 8.24. The van der Waals surface area contributed by atoms with Gasteiger partial charge in [-0.2, -0.15) is 0 Å². The highest BCUT2D eigenvalue weighted by Gasteiger charge is 2.15. The summed E-state index contributed by atoms with van der Waals surface area (Å²) in [6.07, 6.45) is 0. The van der Waals surface area contributed by atoms with Gasteiger partial charge in [-0.15, -0.1) is 0 Å². The molecule has 0 unspecified atom stereocenters. The molecule has 0 bridgehead atoms. The lowest BCUT2D eigenvalue weighted by atomic mass is 10.2. The molecular formula is C11H9I3NO6S-. The van der Waals surface area contributed by atoms with Crippen molar-refractivity contribution in [1.82, 2.24) is 5.32 Å². The predicted molar refractivity (Wildman–Crippen MR) is 102 cm³/mol. The zero-order valence-electron chi connectivity index (χ0n) is 10.8. The van der Waals surface area contributed by atoms with Gasteiger partial charge in [-0.05, 0) is 79.9 Å². The van der Waals surface area contributed by atoms with Gasteiger partial charge >= 0.3 is 5.97 Å². The summed E-state index contributed by atoms with van der Waals surface area (Å²) < 4.78 is 38.1. The van der Waals surface area contributed by atoms with Gasteiger partial charge in [-0.25, -0.2) is 8.42 Å². The van der Waals surface area contributed by atoms with Gasteiger partial charge in [0.1, 0.15) is 13.2 Å². The molecule has 0 aliphatic carbocycles. The summed E-state index contributed by atoms with van der Waals surface area (Å²) in [5.74, 6) is -2.04. The van der Waals surface area contributed by atoms with Gasteiger partial charge in [-0.1, -0.05) is 0 Å². The summed E-state index contributed by atoms with van der Waals surface area (Å²) in [6.45, 7) is -0.935. The van der Waals surface area contributed by atoms with Crippen LogP contribution in [0.4, 0.5) is 0 Å². The van der Waals surface area contributed by atoms with Crippen LogP contribution in [-0.2, 0) is 19.6 Å². The first-order chi connectivity index (χ1) is 10.1. The van der Waals surface area contributed by atoms with E-state index < -0.39 is 40.9 Å². The van der Waals surface area contributed by atoms with Crippen molar-refractivity contribution in [2.75, 3.05) is 18.9 Å². The van der Waals surface area contributed by atoms with E-state index in [9.17, 15) is 22.6 Å². The van der Waals surface area contributed by atoms with E-state index in [2.05, 4.69) is 55.2 Å². The molecule has 1 aromatic carbocycles. The normalized spacial score (nSPS) is 11.1. The quantitative estimate of drug-likeness (QED) is 0.213. The van der Waals surface area contributed by atoms with Crippen LogP contribution in [0.1, 0.15) is 10.4 Å². The Morgan fingerprint density at radius 3 is 2.45 bits per heavy atom. The summed E-state index contributed by atoms with van der Waals surface area (Å²) in [7, 11) is -4.43. The summed E-state index contributed by atoms with van der Waals surface area (Å²) in [5, 5.41) is 2.39. The van der Waals surface area contributed by atoms with E-state index in [0.717, 1.165) is 10.7 Å². The van der Waals surface area contributed by atoms with E-state index >= 15 is 0 Å². The molecule has 11 heteroatoms. The van der Waals surface area contributed by atoms with E-state index in [1.165, 1.54) is 0 Å². The third-order valence-electron chi connectivity index (χ3n) is 2.23. The van der Waals surface area contributed by atoms with Crippen molar-refractivity contribution in [1.29, 1.82) is 0 Å². The Balaban J connectivity index is 2.55. The lowest BCUT2D eigenvalue weighted by Crippen LogP contribution is -2.32. The molecule has 0 spiro atoms. The number of carbonyl (C=O) groups is 2. The Morgan fingerprint density at radius 2 is 1.86 bits per heavy atom. The van der Waals surface area contributed by atoms with Gasteiger partial charge in [0.15, 0.2) is 0 Å². The van der Waals surface area contributed by atoms with Crippen LogP contribution in [-0.4, -0.2) is 43.8 Å². The molecule has 0 aliphatic rings. The summed E-state index contributed by atoms with van der Waals surface area (Å²) >= 11 is 6.22. The van der Waals surface area contributed by atoms with Crippen LogP contribution >= 0.6 is 67.8 Å². The molecule has 7 nitrogen and oxygen atoms in total. The lowest BCUT2D eigenvalue weighted by molar-refractivity contribution is -0.141. The Morgan fingerprint density at radius 1 is 1.23 bits per heavy atom. The number of amides is 1. The molecule has 0 heterocycles. The fourth-order valence-electron chi connectivity index (χ4n) is 1.28. The second kappa shape index (κ2) is 8.93. The van der Waals surface area contributed by atoms with Crippen molar-refractivity contribution in [3.8, 4) is 0 Å². The number of carbonyl (C=O) groups excluding carboxylic acids is 2. The Bertz CT molecular complexity index is 691. The average molecular weight is 664 g/mol. The highest BCUT2D eigenvalue weighted by molar-refractivity contribution is 14.1. The fraction of sp³-hybridized carbons (Fsp3) is 0.273. The number of ether oxygens (including phenoxy) is 1. The zero-order chi connectivity index (χ0) is 16.9. The first kappa shape index (κ1) is 20.3. The van der Waals surface area contributed by atoms with Gasteiger partial charge in [0.2, 0.25) is 0 Å². The second-order valence-electron chi connectivity index (χ2n) is 3.91. The maximum atomic E-state index is 12.0. The number of rotatable bonds is 6. The van der Waals surface area contributed by atoms with E-state index in [1.807, 2.05) is 28.7 Å². The maximum absolute atomic E-state index is 12.0. The van der Waals surface area contributed by atoms with Gasteiger partial charge < -0.3 is 14.6 Å². The molecule has 0 radical (unpaired) electrons. The number of esters is 1. The van der Waals surface area contributed by atoms with Gasteiger partial charge in [0.25, 0.3) is 5.91 Å². The molecule has 0 saturated heterocycles. The maximum Gasteiger partial charge on any atom is 0.325 e. The molecule has 0 aromatic heterocycles. The van der Waals surface area contributed by atoms with Crippen LogP contribution in [0.25, 0.3) is 0 Å². The van der Waals surface area contributed by atoms with Crippen LogP contribution < -0.4 is 5.32 Å². The Labute approximate surface area is 168 Å². The second-order valence-corrected chi connectivity index (χ2v) is 8.92. The highest BCUT2D eigenvalue weighted by atomic mass is 127. The molecule has 1 N–H and O–H groups in total. The molecule has 122 valence electrons. The summed E-state index contributed by atoms with van der Waals surface area (Å²) in [5.41, 5.74) is 0.437. The highest BCUT2D eigenvalue weighted by Crippen LogP contribution is 2.22.